The summed E-state index contributed by atoms with van der Waals surface area (Å²) in [5.74, 6) is -0.982. The average Bonchev–Trinajstić information content (AvgIpc) is 2.92. The van der Waals surface area contributed by atoms with Gasteiger partial charge in [0.2, 0.25) is 0 Å². The van der Waals surface area contributed by atoms with Crippen molar-refractivity contribution < 1.29 is 19.2 Å². The molecule has 0 saturated carbocycles. The van der Waals surface area contributed by atoms with Crippen LogP contribution in [-0.4, -0.2) is 41.9 Å². The maximum Gasteiger partial charge on any atom is 0.278 e. The second-order valence-corrected chi connectivity index (χ2v) is 6.83. The van der Waals surface area contributed by atoms with Crippen molar-refractivity contribution >= 4 is 40.4 Å². The number of nitrogens with zero attached hydrogens (tertiary/aromatic N) is 2. The number of halogens is 1. The smallest absolute Gasteiger partial charge is 0.278 e. The van der Waals surface area contributed by atoms with E-state index >= 15 is 0 Å². The highest BCUT2D eigenvalue weighted by Gasteiger charge is 2.39. The van der Waals surface area contributed by atoms with Gasteiger partial charge < -0.3 is 10.1 Å². The van der Waals surface area contributed by atoms with Crippen molar-refractivity contribution in [2.24, 2.45) is 0 Å². The van der Waals surface area contributed by atoms with Gasteiger partial charge in [-0.15, -0.1) is 0 Å². The highest BCUT2D eigenvalue weighted by Crippen LogP contribution is 2.32. The SMILES string of the molecule is COCCN1C(=O)C(Nc2ccc(Cl)cc2C)=C(c2ccc([N+](=O)[O-])cc2)C1=O. The van der Waals surface area contributed by atoms with E-state index in [-0.39, 0.29) is 30.1 Å². The second-order valence-electron chi connectivity index (χ2n) is 6.39. The zero-order chi connectivity index (χ0) is 21.1. The van der Waals surface area contributed by atoms with Gasteiger partial charge in [0.05, 0.1) is 23.6 Å². The first-order valence-electron chi connectivity index (χ1n) is 8.71. The van der Waals surface area contributed by atoms with Crippen molar-refractivity contribution in [2.45, 2.75) is 6.92 Å². The summed E-state index contributed by atoms with van der Waals surface area (Å²) in [6.07, 6.45) is 0. The maximum atomic E-state index is 13.0. The number of benzene rings is 2. The fraction of sp³-hybridized carbons (Fsp3) is 0.200. The van der Waals surface area contributed by atoms with Gasteiger partial charge in [-0.2, -0.15) is 0 Å². The number of hydrogen-bond acceptors (Lipinski definition) is 6. The third-order valence-corrected chi connectivity index (χ3v) is 4.74. The molecule has 0 spiro atoms. The lowest BCUT2D eigenvalue weighted by Crippen LogP contribution is -2.35. The Morgan fingerprint density at radius 3 is 2.41 bits per heavy atom. The van der Waals surface area contributed by atoms with Crippen molar-refractivity contribution in [3.05, 3.63) is 74.4 Å². The highest BCUT2D eigenvalue weighted by atomic mass is 35.5. The van der Waals surface area contributed by atoms with Gasteiger partial charge in [-0.05, 0) is 48.4 Å². The van der Waals surface area contributed by atoms with E-state index in [1.54, 1.807) is 18.2 Å². The largest absolute Gasteiger partial charge is 0.383 e. The van der Waals surface area contributed by atoms with Crippen LogP contribution in [0.25, 0.3) is 5.57 Å². The quantitative estimate of drug-likeness (QED) is 0.422. The number of imide groups is 1. The third kappa shape index (κ3) is 4.13. The second kappa shape index (κ2) is 8.42. The average molecular weight is 416 g/mol. The lowest BCUT2D eigenvalue weighted by Gasteiger charge is -2.15. The molecule has 1 N–H and O–H groups in total. The van der Waals surface area contributed by atoms with Crippen LogP contribution in [0, 0.1) is 17.0 Å². The van der Waals surface area contributed by atoms with Crippen LogP contribution < -0.4 is 5.32 Å². The molecule has 2 amide bonds. The van der Waals surface area contributed by atoms with Crippen LogP contribution in [0.15, 0.2) is 48.2 Å². The van der Waals surface area contributed by atoms with E-state index in [2.05, 4.69) is 5.32 Å². The van der Waals surface area contributed by atoms with E-state index in [4.69, 9.17) is 16.3 Å². The number of methoxy groups -OCH3 is 1. The monoisotopic (exact) mass is 415 g/mol. The van der Waals surface area contributed by atoms with Crippen LogP contribution in [-0.2, 0) is 14.3 Å². The van der Waals surface area contributed by atoms with E-state index in [9.17, 15) is 19.7 Å². The number of aryl methyl sites for hydroxylation is 1. The molecule has 0 fully saturated rings. The van der Waals surface area contributed by atoms with E-state index in [1.165, 1.54) is 31.4 Å². The Morgan fingerprint density at radius 2 is 1.83 bits per heavy atom. The fourth-order valence-electron chi connectivity index (χ4n) is 3.00. The molecular weight excluding hydrogens is 398 g/mol. The first-order valence-corrected chi connectivity index (χ1v) is 9.08. The predicted molar refractivity (Wildman–Crippen MR) is 108 cm³/mol. The lowest BCUT2D eigenvalue weighted by atomic mass is 10.0. The summed E-state index contributed by atoms with van der Waals surface area (Å²) in [7, 11) is 1.48. The molecule has 150 valence electrons. The lowest BCUT2D eigenvalue weighted by molar-refractivity contribution is -0.384. The molecular formula is C20H18ClN3O5. The Hall–Kier alpha value is -3.23. The first-order chi connectivity index (χ1) is 13.8. The Morgan fingerprint density at radius 1 is 1.14 bits per heavy atom. The molecule has 0 aromatic heterocycles. The summed E-state index contributed by atoms with van der Waals surface area (Å²) in [5.41, 5.74) is 1.97. The van der Waals surface area contributed by atoms with Crippen LogP contribution in [0.1, 0.15) is 11.1 Å². The number of non-ortho nitro benzene ring substituents is 1. The number of carbonyl (C=O) groups excluding carboxylic acids is 2. The molecule has 0 aliphatic carbocycles. The fourth-order valence-corrected chi connectivity index (χ4v) is 3.22. The van der Waals surface area contributed by atoms with Gasteiger partial charge in [-0.1, -0.05) is 11.6 Å². The number of amides is 2. The molecule has 2 aromatic carbocycles. The van der Waals surface area contributed by atoms with Crippen LogP contribution in [0.2, 0.25) is 5.02 Å². The summed E-state index contributed by atoms with van der Waals surface area (Å²) >= 11 is 5.99. The van der Waals surface area contributed by atoms with Crippen molar-refractivity contribution in [3.8, 4) is 0 Å². The zero-order valence-corrected chi connectivity index (χ0v) is 16.5. The van der Waals surface area contributed by atoms with Crippen molar-refractivity contribution in [3.63, 3.8) is 0 Å². The van der Waals surface area contributed by atoms with Crippen LogP contribution >= 0.6 is 11.6 Å². The third-order valence-electron chi connectivity index (χ3n) is 4.50. The van der Waals surface area contributed by atoms with Crippen LogP contribution in [0.5, 0.6) is 0 Å². The Balaban J connectivity index is 2.06. The normalized spacial score (nSPS) is 14.0. The molecule has 9 heteroatoms. The maximum absolute atomic E-state index is 13.0. The summed E-state index contributed by atoms with van der Waals surface area (Å²) in [4.78, 5) is 37.4. The van der Waals surface area contributed by atoms with Crippen molar-refractivity contribution in [1.29, 1.82) is 0 Å². The standard InChI is InChI=1S/C20H18ClN3O5/c1-12-11-14(21)5-8-16(12)22-18-17(13-3-6-15(7-4-13)24(27)28)19(25)23(20(18)26)9-10-29-2/h3-8,11,22H,9-10H2,1-2H3. The van der Waals surface area contributed by atoms with E-state index in [0.29, 0.717) is 16.3 Å². The Labute approximate surface area is 171 Å². The van der Waals surface area contributed by atoms with Crippen molar-refractivity contribution in [2.75, 3.05) is 25.6 Å². The van der Waals surface area contributed by atoms with E-state index < -0.39 is 16.7 Å². The molecule has 0 atom stereocenters. The summed E-state index contributed by atoms with van der Waals surface area (Å²) in [5, 5.41) is 14.5. The predicted octanol–water partition coefficient (Wildman–Crippen LogP) is 3.40. The number of nitro benzene ring substituents is 1. The van der Waals surface area contributed by atoms with Crippen molar-refractivity contribution in [1.82, 2.24) is 4.90 Å². The number of rotatable bonds is 7. The minimum atomic E-state index is -0.527. The molecule has 0 bridgehead atoms. The van der Waals surface area contributed by atoms with Crippen LogP contribution in [0.3, 0.4) is 0 Å². The van der Waals surface area contributed by atoms with E-state index in [0.717, 1.165) is 10.5 Å². The number of nitro groups is 1. The zero-order valence-electron chi connectivity index (χ0n) is 15.8. The van der Waals surface area contributed by atoms with Gasteiger partial charge in [0.1, 0.15) is 5.70 Å². The van der Waals surface area contributed by atoms with Gasteiger partial charge in [-0.25, -0.2) is 0 Å². The molecule has 8 nitrogen and oxygen atoms in total. The molecule has 0 unspecified atom stereocenters. The highest BCUT2D eigenvalue weighted by molar-refractivity contribution is 6.36. The Bertz CT molecular complexity index is 1020. The summed E-state index contributed by atoms with van der Waals surface area (Å²) in [6.45, 7) is 2.11. The van der Waals surface area contributed by atoms with E-state index in [1.807, 2.05) is 6.92 Å². The number of nitrogens with one attached hydrogen (secondary N) is 1. The molecule has 1 heterocycles. The number of anilines is 1. The minimum absolute atomic E-state index is 0.0927. The molecule has 29 heavy (non-hydrogen) atoms. The van der Waals surface area contributed by atoms with Gasteiger partial charge >= 0.3 is 0 Å². The van der Waals surface area contributed by atoms with Gasteiger partial charge in [0.15, 0.2) is 0 Å². The molecule has 3 rings (SSSR count). The topological polar surface area (TPSA) is 102 Å². The molecule has 0 radical (unpaired) electrons. The minimum Gasteiger partial charge on any atom is -0.383 e. The molecule has 0 saturated heterocycles. The number of ether oxygens (including phenoxy) is 1. The van der Waals surface area contributed by atoms with Gasteiger partial charge in [-0.3, -0.25) is 24.6 Å². The van der Waals surface area contributed by atoms with Crippen LogP contribution in [0.4, 0.5) is 11.4 Å². The van der Waals surface area contributed by atoms with Gasteiger partial charge in [0.25, 0.3) is 17.5 Å². The molecule has 1 aliphatic heterocycles. The summed E-state index contributed by atoms with van der Waals surface area (Å²) < 4.78 is 4.99. The van der Waals surface area contributed by atoms with Gasteiger partial charge in [0, 0.05) is 30.0 Å². The Kier molecular flexibility index (Phi) is 5.95. The first kappa shape index (κ1) is 20.5. The number of hydrogen-bond donors (Lipinski definition) is 1. The number of carbonyl (C=O) groups is 2. The molecule has 1 aliphatic rings. The molecule has 2 aromatic rings. The summed E-state index contributed by atoms with van der Waals surface area (Å²) in [6, 6.07) is 10.6.